The minimum atomic E-state index is -0.269. The summed E-state index contributed by atoms with van der Waals surface area (Å²) in [6, 6.07) is 3.95. The molecule has 0 unspecified atom stereocenters. The molecule has 0 saturated heterocycles. The summed E-state index contributed by atoms with van der Waals surface area (Å²) in [5.74, 6) is -0.269. The van der Waals surface area contributed by atoms with Crippen LogP contribution in [0.2, 0.25) is 0 Å². The van der Waals surface area contributed by atoms with Gasteiger partial charge in [0.15, 0.2) is 0 Å². The molecular weight excluding hydrogens is 293 g/mol. The maximum atomic E-state index is 11.5. The number of carbonyl (C=O) groups is 1. The normalized spacial score (nSPS) is 13.3. The average molecular weight is 303 g/mol. The number of methoxy groups -OCH3 is 1. The van der Waals surface area contributed by atoms with Crippen LogP contribution in [0.1, 0.15) is 15.9 Å². The molecule has 0 atom stereocenters. The van der Waals surface area contributed by atoms with E-state index in [9.17, 15) is 4.79 Å². The number of nitrogens with one attached hydrogen (secondary N) is 1. The summed E-state index contributed by atoms with van der Waals surface area (Å²) in [6.45, 7) is 0.902. The number of halogens is 1. The zero-order valence-electron chi connectivity index (χ0n) is 7.76. The summed E-state index contributed by atoms with van der Waals surface area (Å²) in [4.78, 5) is 11.5. The summed E-state index contributed by atoms with van der Waals surface area (Å²) in [5.41, 5.74) is 2.79. The van der Waals surface area contributed by atoms with E-state index in [1.54, 1.807) is 0 Å². The van der Waals surface area contributed by atoms with Gasteiger partial charge in [-0.05, 0) is 46.7 Å². The summed E-state index contributed by atoms with van der Waals surface area (Å²) in [7, 11) is 1.41. The van der Waals surface area contributed by atoms with E-state index in [1.165, 1.54) is 12.7 Å². The van der Waals surface area contributed by atoms with Gasteiger partial charge >= 0.3 is 5.97 Å². The maximum absolute atomic E-state index is 11.5. The highest BCUT2D eigenvalue weighted by Crippen LogP contribution is 2.29. The van der Waals surface area contributed by atoms with Crippen molar-refractivity contribution >= 4 is 34.2 Å². The minimum Gasteiger partial charge on any atom is -0.465 e. The van der Waals surface area contributed by atoms with Crippen LogP contribution in [0.4, 0.5) is 5.69 Å². The third kappa shape index (κ3) is 1.58. The second-order valence-corrected chi connectivity index (χ2v) is 4.40. The highest BCUT2D eigenvalue weighted by molar-refractivity contribution is 14.1. The molecule has 0 saturated carbocycles. The van der Waals surface area contributed by atoms with E-state index in [1.807, 2.05) is 6.07 Å². The lowest BCUT2D eigenvalue weighted by Crippen LogP contribution is -2.05. The molecule has 3 nitrogen and oxygen atoms in total. The van der Waals surface area contributed by atoms with E-state index < -0.39 is 0 Å². The first-order valence-corrected chi connectivity index (χ1v) is 5.45. The predicted octanol–water partition coefficient (Wildman–Crippen LogP) is 2.05. The summed E-state index contributed by atoms with van der Waals surface area (Å²) in [6.07, 6.45) is 0.982. The van der Waals surface area contributed by atoms with E-state index in [0.717, 1.165) is 22.2 Å². The molecule has 1 aliphatic heterocycles. The summed E-state index contributed by atoms with van der Waals surface area (Å²) in [5, 5.41) is 3.21. The Balaban J connectivity index is 2.54. The first kappa shape index (κ1) is 9.76. The number of rotatable bonds is 1. The number of anilines is 1. The fourth-order valence-corrected chi connectivity index (χ4v) is 2.35. The Bertz CT molecular complexity index is 390. The van der Waals surface area contributed by atoms with Gasteiger partial charge in [0.2, 0.25) is 0 Å². The molecule has 0 radical (unpaired) electrons. The molecule has 4 heteroatoms. The molecule has 1 heterocycles. The quantitative estimate of drug-likeness (QED) is 0.637. The molecule has 0 amide bonds. The van der Waals surface area contributed by atoms with E-state index in [4.69, 9.17) is 4.74 Å². The monoisotopic (exact) mass is 303 g/mol. The number of ether oxygens (including phenoxy) is 1. The Morgan fingerprint density at radius 3 is 3.07 bits per heavy atom. The SMILES string of the molecule is COC(=O)c1cc(I)cc2c1NCC2. The molecule has 1 aromatic carbocycles. The number of carbonyl (C=O) groups excluding carboxylic acids is 1. The zero-order valence-corrected chi connectivity index (χ0v) is 9.92. The van der Waals surface area contributed by atoms with E-state index in [-0.39, 0.29) is 5.97 Å². The zero-order chi connectivity index (χ0) is 10.1. The van der Waals surface area contributed by atoms with Crippen molar-refractivity contribution in [1.82, 2.24) is 0 Å². The number of esters is 1. The van der Waals surface area contributed by atoms with Crippen LogP contribution in [0.25, 0.3) is 0 Å². The first-order valence-electron chi connectivity index (χ1n) is 4.37. The van der Waals surface area contributed by atoms with E-state index >= 15 is 0 Å². The van der Waals surface area contributed by atoms with Crippen LogP contribution in [0.5, 0.6) is 0 Å². The van der Waals surface area contributed by atoms with Crippen LogP contribution in [0.3, 0.4) is 0 Å². The molecule has 74 valence electrons. The van der Waals surface area contributed by atoms with Gasteiger partial charge in [-0.15, -0.1) is 0 Å². The minimum absolute atomic E-state index is 0.269. The number of hydrogen-bond donors (Lipinski definition) is 1. The Morgan fingerprint density at radius 2 is 2.36 bits per heavy atom. The van der Waals surface area contributed by atoms with Crippen LogP contribution in [0.15, 0.2) is 12.1 Å². The van der Waals surface area contributed by atoms with Crippen molar-refractivity contribution < 1.29 is 9.53 Å². The van der Waals surface area contributed by atoms with Crippen molar-refractivity contribution in [3.8, 4) is 0 Å². The predicted molar refractivity (Wildman–Crippen MR) is 62.7 cm³/mol. The lowest BCUT2D eigenvalue weighted by molar-refractivity contribution is 0.0602. The Hall–Kier alpha value is -0.780. The Morgan fingerprint density at radius 1 is 1.57 bits per heavy atom. The molecule has 2 rings (SSSR count). The van der Waals surface area contributed by atoms with Gasteiger partial charge in [0.25, 0.3) is 0 Å². The average Bonchev–Trinajstić information content (AvgIpc) is 2.62. The van der Waals surface area contributed by atoms with Gasteiger partial charge in [0.1, 0.15) is 0 Å². The number of benzene rings is 1. The van der Waals surface area contributed by atoms with Gasteiger partial charge in [-0.2, -0.15) is 0 Å². The van der Waals surface area contributed by atoms with Crippen molar-refractivity contribution in [3.63, 3.8) is 0 Å². The van der Waals surface area contributed by atoms with Crippen molar-refractivity contribution in [1.29, 1.82) is 0 Å². The molecule has 1 aliphatic rings. The van der Waals surface area contributed by atoms with E-state index in [0.29, 0.717) is 5.56 Å². The molecular formula is C10H10INO2. The van der Waals surface area contributed by atoms with Crippen molar-refractivity contribution in [2.75, 3.05) is 19.0 Å². The van der Waals surface area contributed by atoms with Crippen LogP contribution < -0.4 is 5.32 Å². The molecule has 0 spiro atoms. The van der Waals surface area contributed by atoms with Gasteiger partial charge in [-0.1, -0.05) is 0 Å². The topological polar surface area (TPSA) is 38.3 Å². The molecule has 1 aromatic rings. The van der Waals surface area contributed by atoms with Gasteiger partial charge in [0, 0.05) is 10.1 Å². The molecule has 0 fully saturated rings. The smallest absolute Gasteiger partial charge is 0.340 e. The van der Waals surface area contributed by atoms with Crippen LogP contribution in [-0.4, -0.2) is 19.6 Å². The van der Waals surface area contributed by atoms with E-state index in [2.05, 4.69) is 34.0 Å². The lowest BCUT2D eigenvalue weighted by Gasteiger charge is -2.07. The molecule has 1 N–H and O–H groups in total. The number of hydrogen-bond acceptors (Lipinski definition) is 3. The third-order valence-electron chi connectivity index (χ3n) is 2.29. The molecule has 0 bridgehead atoms. The van der Waals surface area contributed by atoms with Crippen LogP contribution in [0, 0.1) is 3.57 Å². The largest absolute Gasteiger partial charge is 0.465 e. The standard InChI is InChI=1S/C10H10INO2/c1-14-10(13)8-5-7(11)4-6-2-3-12-9(6)8/h4-5,12H,2-3H2,1H3. The van der Waals surface area contributed by atoms with Gasteiger partial charge in [-0.25, -0.2) is 4.79 Å². The second kappa shape index (κ2) is 3.76. The summed E-state index contributed by atoms with van der Waals surface area (Å²) >= 11 is 2.21. The van der Waals surface area contributed by atoms with Gasteiger partial charge in [0.05, 0.1) is 18.4 Å². The van der Waals surface area contributed by atoms with Crippen molar-refractivity contribution in [2.45, 2.75) is 6.42 Å². The van der Waals surface area contributed by atoms with Crippen molar-refractivity contribution in [3.05, 3.63) is 26.8 Å². The Kier molecular flexibility index (Phi) is 2.62. The van der Waals surface area contributed by atoms with Gasteiger partial charge in [-0.3, -0.25) is 0 Å². The number of fused-ring (bicyclic) bond motifs is 1. The highest BCUT2D eigenvalue weighted by atomic mass is 127. The highest BCUT2D eigenvalue weighted by Gasteiger charge is 2.19. The third-order valence-corrected chi connectivity index (χ3v) is 2.91. The van der Waals surface area contributed by atoms with Crippen molar-refractivity contribution in [2.24, 2.45) is 0 Å². The van der Waals surface area contributed by atoms with Crippen LogP contribution in [-0.2, 0) is 11.2 Å². The molecule has 0 aliphatic carbocycles. The molecule has 14 heavy (non-hydrogen) atoms. The first-order chi connectivity index (χ1) is 6.72. The second-order valence-electron chi connectivity index (χ2n) is 3.16. The lowest BCUT2D eigenvalue weighted by atomic mass is 10.1. The fraction of sp³-hybridized carbons (Fsp3) is 0.300. The maximum Gasteiger partial charge on any atom is 0.340 e. The fourth-order valence-electron chi connectivity index (χ4n) is 1.66. The summed E-state index contributed by atoms with van der Waals surface area (Å²) < 4.78 is 5.81. The Labute approximate surface area is 96.0 Å². The molecule has 0 aromatic heterocycles. The van der Waals surface area contributed by atoms with Gasteiger partial charge < -0.3 is 10.1 Å². The van der Waals surface area contributed by atoms with Crippen LogP contribution >= 0.6 is 22.6 Å².